The van der Waals surface area contributed by atoms with Gasteiger partial charge in [0.1, 0.15) is 11.5 Å². The first-order chi connectivity index (χ1) is 20.5. The Balaban J connectivity index is 1.57. The van der Waals surface area contributed by atoms with Crippen molar-refractivity contribution in [2.24, 2.45) is 0 Å². The molecular weight excluding hydrogens is 544 g/mol. The van der Waals surface area contributed by atoms with E-state index in [0.717, 1.165) is 48.3 Å². The number of anilines is 3. The highest BCUT2D eigenvalue weighted by molar-refractivity contribution is 6.33. The van der Waals surface area contributed by atoms with Gasteiger partial charge in [-0.05, 0) is 62.6 Å². The Labute approximate surface area is 253 Å². The molecule has 2 heterocycles. The van der Waals surface area contributed by atoms with Crippen LogP contribution in [0.25, 0.3) is 0 Å². The summed E-state index contributed by atoms with van der Waals surface area (Å²) in [6.45, 7) is 8.36. The Bertz CT molecular complexity index is 1620. The van der Waals surface area contributed by atoms with E-state index in [1.54, 1.807) is 0 Å². The predicted octanol–water partition coefficient (Wildman–Crippen LogP) is 9.62. The van der Waals surface area contributed by atoms with E-state index >= 15 is 0 Å². The first-order valence-electron chi connectivity index (χ1n) is 15.1. The molecule has 0 saturated heterocycles. The molecule has 4 aromatic rings. The van der Waals surface area contributed by atoms with Crippen LogP contribution in [0.3, 0.4) is 0 Å². The van der Waals surface area contributed by atoms with Crippen LogP contribution in [0.4, 0.5) is 17.1 Å². The Kier molecular flexibility index (Phi) is 7.87. The van der Waals surface area contributed by atoms with Crippen molar-refractivity contribution < 1.29 is 14.3 Å². The van der Waals surface area contributed by atoms with Gasteiger partial charge in [0.25, 0.3) is 0 Å². The predicted molar refractivity (Wildman–Crippen MR) is 171 cm³/mol. The standard InChI is InChI=1S/C36H37ClN2O3/c1-4-7-8-10-15-24-20-28-34(23-32(24)39(5-2)6-3)41-33-22-30(37)31(38-25-16-11-9-12-17-25)21-29(33)36(28)27-19-14-13-18-26(27)35(40)42-36/h9,11-14,16-23,38H,4-8,10,15H2,1-3H3. The number of esters is 1. The van der Waals surface area contributed by atoms with Crippen LogP contribution in [-0.2, 0) is 16.8 Å². The zero-order valence-electron chi connectivity index (χ0n) is 24.5. The molecule has 0 saturated carbocycles. The SMILES string of the molecule is CCCCCCc1cc2c(cc1N(CC)CC)Oc1cc(Cl)c(Nc3ccccc3)cc1C21OC(=O)c2ccccc21. The van der Waals surface area contributed by atoms with Gasteiger partial charge in [0.05, 0.1) is 16.3 Å². The molecule has 0 bridgehead atoms. The molecule has 1 spiro atoms. The van der Waals surface area contributed by atoms with Crippen LogP contribution in [0.2, 0.25) is 5.02 Å². The van der Waals surface area contributed by atoms with Crippen molar-refractivity contribution in [3.63, 3.8) is 0 Å². The number of fused-ring (bicyclic) bond motifs is 6. The van der Waals surface area contributed by atoms with Crippen molar-refractivity contribution in [1.29, 1.82) is 0 Å². The van der Waals surface area contributed by atoms with Crippen molar-refractivity contribution in [2.45, 2.75) is 58.5 Å². The summed E-state index contributed by atoms with van der Waals surface area (Å²) < 4.78 is 13.2. The number of carbonyl (C=O) groups is 1. The van der Waals surface area contributed by atoms with E-state index in [2.05, 4.69) is 43.1 Å². The molecule has 6 rings (SSSR count). The second-order valence-corrected chi connectivity index (χ2v) is 11.4. The number of unbranched alkanes of at least 4 members (excludes halogenated alkanes) is 3. The average Bonchev–Trinajstić information content (AvgIpc) is 3.30. The van der Waals surface area contributed by atoms with Crippen molar-refractivity contribution in [2.75, 3.05) is 23.3 Å². The van der Waals surface area contributed by atoms with Gasteiger partial charge in [-0.15, -0.1) is 0 Å². The zero-order chi connectivity index (χ0) is 29.3. The first kappa shape index (κ1) is 28.2. The maximum atomic E-state index is 13.5. The minimum absolute atomic E-state index is 0.339. The smallest absolute Gasteiger partial charge is 0.340 e. The number of nitrogens with zero attached hydrogens (tertiary/aromatic N) is 1. The summed E-state index contributed by atoms with van der Waals surface area (Å²) >= 11 is 6.84. The number of rotatable bonds is 10. The topological polar surface area (TPSA) is 50.8 Å². The van der Waals surface area contributed by atoms with Crippen LogP contribution in [-0.4, -0.2) is 19.1 Å². The lowest BCUT2D eigenvalue weighted by atomic mass is 9.76. The lowest BCUT2D eigenvalue weighted by Crippen LogP contribution is -2.34. The van der Waals surface area contributed by atoms with E-state index in [0.29, 0.717) is 27.8 Å². The number of halogens is 1. The van der Waals surface area contributed by atoms with Crippen LogP contribution >= 0.6 is 11.6 Å². The maximum absolute atomic E-state index is 13.5. The molecule has 0 aromatic heterocycles. The monoisotopic (exact) mass is 580 g/mol. The quantitative estimate of drug-likeness (QED) is 0.149. The summed E-state index contributed by atoms with van der Waals surface area (Å²) in [5.41, 5.74) is 5.88. The maximum Gasteiger partial charge on any atom is 0.340 e. The Hall–Kier alpha value is -3.96. The molecule has 2 aliphatic rings. The average molecular weight is 581 g/mol. The largest absolute Gasteiger partial charge is 0.456 e. The molecule has 42 heavy (non-hydrogen) atoms. The van der Waals surface area contributed by atoms with E-state index in [1.165, 1.54) is 30.5 Å². The van der Waals surface area contributed by atoms with E-state index < -0.39 is 5.60 Å². The Morgan fingerprint density at radius 3 is 2.29 bits per heavy atom. The number of carbonyl (C=O) groups excluding carboxylic acids is 1. The second-order valence-electron chi connectivity index (χ2n) is 11.0. The number of benzene rings is 4. The molecule has 1 atom stereocenters. The Morgan fingerprint density at radius 2 is 1.52 bits per heavy atom. The molecule has 2 aliphatic heterocycles. The molecular formula is C36H37ClN2O3. The third-order valence-electron chi connectivity index (χ3n) is 8.46. The van der Waals surface area contributed by atoms with E-state index in [1.807, 2.05) is 66.7 Å². The van der Waals surface area contributed by atoms with Gasteiger partial charge in [0.2, 0.25) is 0 Å². The third-order valence-corrected chi connectivity index (χ3v) is 8.77. The van der Waals surface area contributed by atoms with Gasteiger partial charge >= 0.3 is 5.97 Å². The lowest BCUT2D eigenvalue weighted by molar-refractivity contribution is 0.0224. The fourth-order valence-electron chi connectivity index (χ4n) is 6.34. The van der Waals surface area contributed by atoms with Gasteiger partial charge in [0, 0.05) is 53.3 Å². The van der Waals surface area contributed by atoms with Gasteiger partial charge in [-0.1, -0.05) is 74.2 Å². The number of ether oxygens (including phenoxy) is 2. The van der Waals surface area contributed by atoms with E-state index in [4.69, 9.17) is 21.1 Å². The number of hydrogen-bond acceptors (Lipinski definition) is 5. The lowest BCUT2D eigenvalue weighted by Gasteiger charge is -2.38. The number of nitrogens with one attached hydrogen (secondary N) is 1. The van der Waals surface area contributed by atoms with Gasteiger partial charge < -0.3 is 19.7 Å². The van der Waals surface area contributed by atoms with Gasteiger partial charge in [-0.25, -0.2) is 4.79 Å². The molecule has 4 aromatic carbocycles. The van der Waals surface area contributed by atoms with Crippen LogP contribution in [0, 0.1) is 0 Å². The molecule has 1 unspecified atom stereocenters. The highest BCUT2D eigenvalue weighted by Gasteiger charge is 2.54. The van der Waals surface area contributed by atoms with Crippen molar-refractivity contribution in [3.8, 4) is 11.5 Å². The molecule has 0 radical (unpaired) electrons. The summed E-state index contributed by atoms with van der Waals surface area (Å²) in [5, 5.41) is 3.96. The number of para-hydroxylation sites is 1. The minimum atomic E-state index is -1.16. The molecule has 216 valence electrons. The van der Waals surface area contributed by atoms with E-state index in [9.17, 15) is 4.79 Å². The van der Waals surface area contributed by atoms with Crippen LogP contribution in [0.1, 0.15) is 79.1 Å². The molecule has 1 N–H and O–H groups in total. The van der Waals surface area contributed by atoms with Crippen LogP contribution in [0.15, 0.2) is 78.9 Å². The molecule has 0 amide bonds. The normalized spacial score (nSPS) is 16.3. The summed E-state index contributed by atoms with van der Waals surface area (Å²) in [6.07, 6.45) is 5.63. The second kappa shape index (κ2) is 11.7. The van der Waals surface area contributed by atoms with Crippen molar-refractivity contribution >= 4 is 34.6 Å². The number of aryl methyl sites for hydroxylation is 1. The third kappa shape index (κ3) is 4.80. The fourth-order valence-corrected chi connectivity index (χ4v) is 6.54. The summed E-state index contributed by atoms with van der Waals surface area (Å²) in [7, 11) is 0. The van der Waals surface area contributed by atoms with Gasteiger partial charge in [-0.2, -0.15) is 0 Å². The van der Waals surface area contributed by atoms with Crippen molar-refractivity contribution in [3.05, 3.63) is 112 Å². The van der Waals surface area contributed by atoms with Gasteiger partial charge in [0.15, 0.2) is 5.60 Å². The fraction of sp³-hybridized carbons (Fsp3) is 0.306. The van der Waals surface area contributed by atoms with E-state index in [-0.39, 0.29) is 5.97 Å². The van der Waals surface area contributed by atoms with Gasteiger partial charge in [-0.3, -0.25) is 0 Å². The molecule has 0 aliphatic carbocycles. The number of hydrogen-bond donors (Lipinski definition) is 1. The minimum Gasteiger partial charge on any atom is -0.456 e. The van der Waals surface area contributed by atoms with Crippen molar-refractivity contribution in [1.82, 2.24) is 0 Å². The molecule has 6 heteroatoms. The van der Waals surface area contributed by atoms with Crippen LogP contribution in [0.5, 0.6) is 11.5 Å². The molecule has 5 nitrogen and oxygen atoms in total. The summed E-state index contributed by atoms with van der Waals surface area (Å²) in [4.78, 5) is 15.9. The highest BCUT2D eigenvalue weighted by Crippen LogP contribution is 2.58. The van der Waals surface area contributed by atoms with Crippen LogP contribution < -0.4 is 15.0 Å². The summed E-state index contributed by atoms with van der Waals surface area (Å²) in [5.74, 6) is 0.928. The zero-order valence-corrected chi connectivity index (χ0v) is 25.3. The molecule has 0 fully saturated rings. The Morgan fingerprint density at radius 1 is 0.810 bits per heavy atom. The highest BCUT2D eigenvalue weighted by atomic mass is 35.5. The first-order valence-corrected chi connectivity index (χ1v) is 15.5. The summed E-state index contributed by atoms with van der Waals surface area (Å²) in [6, 6.07) is 25.8.